The molecule has 1 saturated carbocycles. The number of halogens is 1. The van der Waals surface area contributed by atoms with E-state index in [9.17, 15) is 9.59 Å². The number of imide groups is 1. The van der Waals surface area contributed by atoms with Gasteiger partial charge >= 0.3 is 0 Å². The Bertz CT molecular complexity index is 489. The van der Waals surface area contributed by atoms with Gasteiger partial charge in [-0.2, -0.15) is 0 Å². The van der Waals surface area contributed by atoms with Crippen molar-refractivity contribution in [2.24, 2.45) is 17.8 Å². The summed E-state index contributed by atoms with van der Waals surface area (Å²) in [5, 5.41) is 1.97. The fourth-order valence-corrected chi connectivity index (χ4v) is 4.55. The molecule has 1 aliphatic carbocycles. The lowest BCUT2D eigenvalue weighted by Gasteiger charge is -2.16. The van der Waals surface area contributed by atoms with Crippen LogP contribution in [-0.2, 0) is 16.1 Å². The largest absolute Gasteiger partial charge is 0.277 e. The molecule has 3 nitrogen and oxygen atoms in total. The van der Waals surface area contributed by atoms with Crippen LogP contribution in [0.1, 0.15) is 24.6 Å². The molecule has 2 aliphatic rings. The maximum atomic E-state index is 12.3. The highest BCUT2D eigenvalue weighted by molar-refractivity contribution is 9.10. The summed E-state index contributed by atoms with van der Waals surface area (Å²) in [6.07, 6.45) is 1.74. The van der Waals surface area contributed by atoms with Crippen molar-refractivity contribution < 1.29 is 9.59 Å². The normalized spacial score (nSPS) is 31.2. The van der Waals surface area contributed by atoms with Gasteiger partial charge in [0.15, 0.2) is 0 Å². The molecule has 0 bridgehead atoms. The number of carbonyl (C=O) groups is 2. The predicted octanol–water partition coefficient (Wildman–Crippen LogP) is 3.04. The number of likely N-dealkylation sites (tertiary alicyclic amines) is 1. The van der Waals surface area contributed by atoms with E-state index in [0.717, 1.165) is 22.2 Å². The van der Waals surface area contributed by atoms with Gasteiger partial charge in [0.2, 0.25) is 11.8 Å². The van der Waals surface area contributed by atoms with Gasteiger partial charge in [0.25, 0.3) is 0 Å². The summed E-state index contributed by atoms with van der Waals surface area (Å²) in [5.74, 6) is 0.477. The molecule has 18 heavy (non-hydrogen) atoms. The highest BCUT2D eigenvalue weighted by atomic mass is 79.9. The molecule has 1 aromatic rings. The van der Waals surface area contributed by atoms with Gasteiger partial charge in [0.05, 0.1) is 18.4 Å². The topological polar surface area (TPSA) is 37.4 Å². The van der Waals surface area contributed by atoms with Crippen LogP contribution in [0.4, 0.5) is 0 Å². The number of hydrogen-bond acceptors (Lipinski definition) is 3. The van der Waals surface area contributed by atoms with Crippen molar-refractivity contribution >= 4 is 39.1 Å². The molecule has 96 valence electrons. The Balaban J connectivity index is 1.81. The number of nitrogens with zero attached hydrogens (tertiary/aromatic N) is 1. The second-order valence-electron chi connectivity index (χ2n) is 5.24. The lowest BCUT2D eigenvalue weighted by Crippen LogP contribution is -2.31. The lowest BCUT2D eigenvalue weighted by molar-refractivity contribution is -0.141. The van der Waals surface area contributed by atoms with Crippen LogP contribution in [0.15, 0.2) is 15.9 Å². The summed E-state index contributed by atoms with van der Waals surface area (Å²) in [6, 6.07) is 1.95. The van der Waals surface area contributed by atoms with Crippen molar-refractivity contribution in [3.05, 3.63) is 20.8 Å². The van der Waals surface area contributed by atoms with Crippen molar-refractivity contribution in [2.45, 2.75) is 26.3 Å². The van der Waals surface area contributed by atoms with Crippen LogP contribution in [0.3, 0.4) is 0 Å². The standard InChI is InChI=1S/C13H14BrNO2S/c1-7-4-8-9(5-7)13(17)15(12(8)16)6-11-10(14)2-3-18-11/h2-3,7-9H,4-6H2,1H3. The number of carbonyl (C=O) groups excluding carboxylic acids is 2. The quantitative estimate of drug-likeness (QED) is 0.783. The van der Waals surface area contributed by atoms with Gasteiger partial charge in [-0.3, -0.25) is 14.5 Å². The Morgan fingerprint density at radius 1 is 1.33 bits per heavy atom. The molecule has 3 rings (SSSR count). The third-order valence-electron chi connectivity index (χ3n) is 3.96. The first-order valence-electron chi connectivity index (χ1n) is 6.15. The van der Waals surface area contributed by atoms with E-state index in [1.54, 1.807) is 11.3 Å². The first-order chi connectivity index (χ1) is 8.58. The molecule has 1 saturated heterocycles. The zero-order valence-electron chi connectivity index (χ0n) is 10.1. The molecule has 2 atom stereocenters. The SMILES string of the molecule is CC1CC2C(=O)N(Cc3sccc3Br)C(=O)C2C1. The number of hydrogen-bond donors (Lipinski definition) is 0. The number of amides is 2. The average Bonchev–Trinajstić information content (AvgIpc) is 2.95. The Kier molecular flexibility index (Phi) is 3.06. The highest BCUT2D eigenvalue weighted by Gasteiger charge is 2.51. The van der Waals surface area contributed by atoms with Crippen molar-refractivity contribution in [2.75, 3.05) is 0 Å². The molecule has 0 N–H and O–H groups in total. The molecular weight excluding hydrogens is 314 g/mol. The molecule has 0 spiro atoms. The summed E-state index contributed by atoms with van der Waals surface area (Å²) in [7, 11) is 0. The maximum absolute atomic E-state index is 12.3. The number of thiophene rings is 1. The maximum Gasteiger partial charge on any atom is 0.233 e. The van der Waals surface area contributed by atoms with Gasteiger partial charge in [-0.1, -0.05) is 6.92 Å². The van der Waals surface area contributed by atoms with Gasteiger partial charge in [0, 0.05) is 9.35 Å². The lowest BCUT2D eigenvalue weighted by atomic mass is 10.00. The minimum atomic E-state index is -0.0498. The minimum absolute atomic E-state index is 0.0367. The summed E-state index contributed by atoms with van der Waals surface area (Å²) < 4.78 is 0.985. The van der Waals surface area contributed by atoms with Gasteiger partial charge in [-0.15, -0.1) is 11.3 Å². The summed E-state index contributed by atoms with van der Waals surface area (Å²) >= 11 is 5.02. The van der Waals surface area contributed by atoms with Crippen LogP contribution in [-0.4, -0.2) is 16.7 Å². The van der Waals surface area contributed by atoms with Gasteiger partial charge in [0.1, 0.15) is 0 Å². The smallest absolute Gasteiger partial charge is 0.233 e. The van der Waals surface area contributed by atoms with E-state index in [-0.39, 0.29) is 23.7 Å². The van der Waals surface area contributed by atoms with E-state index in [4.69, 9.17) is 0 Å². The predicted molar refractivity (Wildman–Crippen MR) is 73.0 cm³/mol. The van der Waals surface area contributed by atoms with Crippen molar-refractivity contribution in [1.29, 1.82) is 0 Å². The van der Waals surface area contributed by atoms with E-state index in [0.29, 0.717) is 12.5 Å². The minimum Gasteiger partial charge on any atom is -0.277 e. The van der Waals surface area contributed by atoms with E-state index in [1.807, 2.05) is 11.4 Å². The Hall–Kier alpha value is -0.680. The van der Waals surface area contributed by atoms with E-state index in [1.165, 1.54) is 4.90 Å². The first kappa shape index (κ1) is 12.4. The van der Waals surface area contributed by atoms with Crippen molar-refractivity contribution in [3.63, 3.8) is 0 Å². The van der Waals surface area contributed by atoms with Crippen molar-refractivity contribution in [3.8, 4) is 0 Å². The zero-order chi connectivity index (χ0) is 12.9. The monoisotopic (exact) mass is 327 g/mol. The van der Waals surface area contributed by atoms with E-state index in [2.05, 4.69) is 22.9 Å². The average molecular weight is 328 g/mol. The van der Waals surface area contributed by atoms with Crippen LogP contribution in [0.2, 0.25) is 0 Å². The van der Waals surface area contributed by atoms with Crippen LogP contribution in [0, 0.1) is 17.8 Å². The molecular formula is C13H14BrNO2S. The van der Waals surface area contributed by atoms with Gasteiger partial charge in [-0.05, 0) is 46.1 Å². The van der Waals surface area contributed by atoms with Gasteiger partial charge in [-0.25, -0.2) is 0 Å². The van der Waals surface area contributed by atoms with Crippen LogP contribution in [0.5, 0.6) is 0 Å². The molecule has 2 unspecified atom stereocenters. The second-order valence-corrected chi connectivity index (χ2v) is 7.10. The Labute approximate surface area is 118 Å². The molecule has 2 heterocycles. The van der Waals surface area contributed by atoms with E-state index >= 15 is 0 Å². The third kappa shape index (κ3) is 1.84. The Morgan fingerprint density at radius 3 is 2.44 bits per heavy atom. The highest BCUT2D eigenvalue weighted by Crippen LogP contribution is 2.43. The van der Waals surface area contributed by atoms with E-state index < -0.39 is 0 Å². The Morgan fingerprint density at radius 2 is 1.94 bits per heavy atom. The molecule has 1 aliphatic heterocycles. The molecule has 0 aromatic carbocycles. The summed E-state index contributed by atoms with van der Waals surface area (Å²) in [4.78, 5) is 27.1. The molecule has 0 radical (unpaired) electrons. The number of rotatable bonds is 2. The molecule has 2 amide bonds. The third-order valence-corrected chi connectivity index (χ3v) is 5.87. The fraction of sp³-hybridized carbons (Fsp3) is 0.538. The van der Waals surface area contributed by atoms with Gasteiger partial charge < -0.3 is 0 Å². The first-order valence-corrected chi connectivity index (χ1v) is 7.82. The fourth-order valence-electron chi connectivity index (χ4n) is 3.08. The van der Waals surface area contributed by atoms with Crippen molar-refractivity contribution in [1.82, 2.24) is 4.90 Å². The number of fused-ring (bicyclic) bond motifs is 1. The molecule has 2 fully saturated rings. The molecule has 5 heteroatoms. The summed E-state index contributed by atoms with van der Waals surface area (Å²) in [5.41, 5.74) is 0. The summed E-state index contributed by atoms with van der Waals surface area (Å²) in [6.45, 7) is 2.55. The second kappa shape index (κ2) is 4.46. The van der Waals surface area contributed by atoms with Crippen LogP contribution < -0.4 is 0 Å². The van der Waals surface area contributed by atoms with Crippen LogP contribution in [0.25, 0.3) is 0 Å². The van der Waals surface area contributed by atoms with Crippen LogP contribution >= 0.6 is 27.3 Å². The zero-order valence-corrected chi connectivity index (χ0v) is 12.5. The molecule has 1 aromatic heterocycles.